The summed E-state index contributed by atoms with van der Waals surface area (Å²) in [5, 5.41) is 18.2. The Labute approximate surface area is 217 Å². The van der Waals surface area contributed by atoms with E-state index in [1.165, 1.54) is 0 Å². The highest BCUT2D eigenvalue weighted by Gasteiger charge is 2.16. The molecule has 2 heterocycles. The minimum Gasteiger partial charge on any atom is -0.507 e. The number of benzene rings is 2. The Kier molecular flexibility index (Phi) is 8.08. The molecule has 0 saturated heterocycles. The average Bonchev–Trinajstić information content (AvgIpc) is 3.27. The monoisotopic (exact) mass is 493 g/mol. The lowest BCUT2D eigenvalue weighted by Crippen LogP contribution is -2.15. The summed E-state index contributed by atoms with van der Waals surface area (Å²) in [4.78, 5) is 24.0. The third-order valence-electron chi connectivity index (χ3n) is 6.21. The number of esters is 1. The van der Waals surface area contributed by atoms with Crippen molar-refractivity contribution in [3.05, 3.63) is 90.8 Å². The summed E-state index contributed by atoms with van der Waals surface area (Å²) in [5.74, 6) is 0.256. The summed E-state index contributed by atoms with van der Waals surface area (Å²) < 4.78 is 6.41. The van der Waals surface area contributed by atoms with Gasteiger partial charge >= 0.3 is 5.97 Å². The zero-order chi connectivity index (χ0) is 26.4. The van der Waals surface area contributed by atoms with Crippen molar-refractivity contribution in [2.45, 2.75) is 32.7 Å². The van der Waals surface area contributed by atoms with Crippen LogP contribution in [-0.2, 0) is 27.3 Å². The lowest BCUT2D eigenvalue weighted by atomic mass is 9.94. The summed E-state index contributed by atoms with van der Waals surface area (Å²) in [5.41, 5.74) is 4.86. The number of rotatable bonds is 11. The zero-order valence-electron chi connectivity index (χ0n) is 20.7. The predicted molar refractivity (Wildman–Crippen MR) is 145 cm³/mol. The maximum absolute atomic E-state index is 12.5. The van der Waals surface area contributed by atoms with E-state index in [2.05, 4.69) is 27.8 Å². The number of carbonyl (C=O) groups excluding carboxylic acids is 2. The number of para-hydroxylation sites is 1. The van der Waals surface area contributed by atoms with Crippen LogP contribution in [0.5, 0.6) is 5.75 Å². The predicted octanol–water partition coefficient (Wildman–Crippen LogP) is 4.33. The molecular formula is C29H28BN3O4. The number of phenols is 1. The highest BCUT2D eigenvalue weighted by Crippen LogP contribution is 2.31. The number of aromatic nitrogens is 2. The van der Waals surface area contributed by atoms with Crippen LogP contribution in [0.3, 0.4) is 0 Å². The minimum absolute atomic E-state index is 0.0178. The van der Waals surface area contributed by atoms with Crippen LogP contribution in [0.25, 0.3) is 16.6 Å². The van der Waals surface area contributed by atoms with Gasteiger partial charge in [0.15, 0.2) is 0 Å². The van der Waals surface area contributed by atoms with Gasteiger partial charge in [-0.1, -0.05) is 61.4 Å². The minimum atomic E-state index is -0.455. The van der Waals surface area contributed by atoms with E-state index >= 15 is 0 Å². The second-order valence-electron chi connectivity index (χ2n) is 8.94. The molecule has 1 unspecified atom stereocenters. The first-order valence-electron chi connectivity index (χ1n) is 12.1. The molecule has 186 valence electrons. The van der Waals surface area contributed by atoms with Crippen LogP contribution in [0.15, 0.2) is 79.7 Å². The Morgan fingerprint density at radius 1 is 1.14 bits per heavy atom. The summed E-state index contributed by atoms with van der Waals surface area (Å²) in [7, 11) is 6.15. The number of nitrogens with zero attached hydrogens (tertiary/aromatic N) is 2. The fourth-order valence-corrected chi connectivity index (χ4v) is 4.25. The van der Waals surface area contributed by atoms with Gasteiger partial charge in [0.05, 0.1) is 18.2 Å². The lowest BCUT2D eigenvalue weighted by Gasteiger charge is -2.14. The van der Waals surface area contributed by atoms with Crippen molar-refractivity contribution in [3.8, 4) is 16.9 Å². The third-order valence-corrected chi connectivity index (χ3v) is 6.21. The summed E-state index contributed by atoms with van der Waals surface area (Å²) in [6, 6.07) is 19.0. The molecule has 8 heteroatoms. The first-order valence-corrected chi connectivity index (χ1v) is 12.1. The van der Waals surface area contributed by atoms with Crippen LogP contribution in [0.1, 0.15) is 30.9 Å². The van der Waals surface area contributed by atoms with Crippen molar-refractivity contribution in [2.24, 2.45) is 5.92 Å². The van der Waals surface area contributed by atoms with Gasteiger partial charge in [0, 0.05) is 30.6 Å². The molecule has 0 spiro atoms. The van der Waals surface area contributed by atoms with Crippen molar-refractivity contribution in [2.75, 3.05) is 5.32 Å². The number of hydrogen-bond donors (Lipinski definition) is 2. The number of aromatic hydroxyl groups is 1. The molecule has 4 rings (SSSR count). The van der Waals surface area contributed by atoms with Crippen LogP contribution >= 0.6 is 0 Å². The van der Waals surface area contributed by atoms with Crippen molar-refractivity contribution >= 4 is 36.4 Å². The first kappa shape index (κ1) is 25.8. The van der Waals surface area contributed by atoms with Gasteiger partial charge in [0.1, 0.15) is 25.2 Å². The van der Waals surface area contributed by atoms with Gasteiger partial charge in [-0.2, -0.15) is 5.10 Å². The number of pyridine rings is 1. The van der Waals surface area contributed by atoms with Crippen molar-refractivity contribution in [1.82, 2.24) is 9.61 Å². The molecule has 2 N–H and O–H groups in total. The average molecular weight is 493 g/mol. The largest absolute Gasteiger partial charge is 0.507 e. The Balaban J connectivity index is 1.47. The van der Waals surface area contributed by atoms with E-state index in [4.69, 9.17) is 7.85 Å². The zero-order valence-corrected chi connectivity index (χ0v) is 20.7. The van der Waals surface area contributed by atoms with E-state index in [1.807, 2.05) is 49.4 Å². The molecule has 0 amide bonds. The number of nitrogens with one attached hydrogen (secondary N) is 1. The second-order valence-corrected chi connectivity index (χ2v) is 8.94. The number of phenolic OH excluding ortho intramolecular Hbond substituents is 1. The van der Waals surface area contributed by atoms with Gasteiger partial charge < -0.3 is 15.2 Å². The van der Waals surface area contributed by atoms with Crippen molar-refractivity contribution in [1.29, 1.82) is 0 Å². The van der Waals surface area contributed by atoms with Gasteiger partial charge in [-0.25, -0.2) is 4.52 Å². The number of hydrogen-bond acceptors (Lipinski definition) is 6. The van der Waals surface area contributed by atoms with Crippen LogP contribution < -0.4 is 10.8 Å². The van der Waals surface area contributed by atoms with Gasteiger partial charge in [0.2, 0.25) is 0 Å². The van der Waals surface area contributed by atoms with Gasteiger partial charge in [0.25, 0.3) is 0 Å². The fraction of sp³-hybridized carbons (Fsp3) is 0.207. The molecule has 2 radical (unpaired) electrons. The fourth-order valence-electron chi connectivity index (χ4n) is 4.25. The molecule has 0 fully saturated rings. The van der Waals surface area contributed by atoms with Crippen LogP contribution in [-0.4, -0.2) is 34.3 Å². The highest BCUT2D eigenvalue weighted by atomic mass is 16.5. The standard InChI is InChI=1S/C29H28BN3O4/c1-3-37-29(36)12-11-26(34)19(2)13-20-7-6-8-21(14-20)17-31-28-16-22(23-9-4-5-10-27(23)35)15-25-24(30)18-32-33(25)28/h3-10,14-16,18-19,31,35H,1,11-13,17H2,2H3. The number of carbonyl (C=O) groups is 2. The second kappa shape index (κ2) is 11.6. The topological polar surface area (TPSA) is 92.9 Å². The quantitative estimate of drug-likeness (QED) is 0.184. The van der Waals surface area contributed by atoms with Crippen LogP contribution in [0, 0.1) is 5.92 Å². The van der Waals surface area contributed by atoms with E-state index in [0.717, 1.165) is 34.3 Å². The van der Waals surface area contributed by atoms with E-state index in [1.54, 1.807) is 22.8 Å². The van der Waals surface area contributed by atoms with Crippen molar-refractivity contribution in [3.63, 3.8) is 0 Å². The van der Waals surface area contributed by atoms with E-state index < -0.39 is 5.97 Å². The summed E-state index contributed by atoms with van der Waals surface area (Å²) >= 11 is 0. The molecular weight excluding hydrogens is 465 g/mol. The molecule has 1 atom stereocenters. The maximum Gasteiger partial charge on any atom is 0.311 e. The third kappa shape index (κ3) is 6.27. The molecule has 37 heavy (non-hydrogen) atoms. The Hall–Kier alpha value is -4.33. The number of ether oxygens (including phenoxy) is 1. The van der Waals surface area contributed by atoms with Crippen molar-refractivity contribution < 1.29 is 19.4 Å². The number of ketones is 1. The molecule has 0 saturated carbocycles. The van der Waals surface area contributed by atoms with Gasteiger partial charge in [-0.3, -0.25) is 9.59 Å². The molecule has 0 aliphatic heterocycles. The molecule has 7 nitrogen and oxygen atoms in total. The molecule has 0 bridgehead atoms. The lowest BCUT2D eigenvalue weighted by molar-refractivity contribution is -0.139. The molecule has 2 aromatic heterocycles. The van der Waals surface area contributed by atoms with Gasteiger partial charge in [-0.15, -0.1) is 0 Å². The number of fused-ring (bicyclic) bond motifs is 1. The Morgan fingerprint density at radius 2 is 1.92 bits per heavy atom. The van der Waals surface area contributed by atoms with E-state index in [-0.39, 0.29) is 30.3 Å². The van der Waals surface area contributed by atoms with E-state index in [0.29, 0.717) is 24.0 Å². The molecule has 0 aliphatic carbocycles. The molecule has 2 aromatic carbocycles. The first-order chi connectivity index (χ1) is 17.9. The molecule has 4 aromatic rings. The van der Waals surface area contributed by atoms with Crippen LogP contribution in [0.2, 0.25) is 0 Å². The SMILES string of the molecule is [B]c1cnn2c(NCc3cccc(CC(C)C(=O)CCC(=O)OC=C)c3)cc(-c3ccccc3O)cc12. The Morgan fingerprint density at radius 3 is 2.70 bits per heavy atom. The smallest absolute Gasteiger partial charge is 0.311 e. The molecule has 0 aliphatic rings. The highest BCUT2D eigenvalue weighted by molar-refractivity contribution is 6.36. The number of anilines is 1. The van der Waals surface area contributed by atoms with E-state index in [9.17, 15) is 14.7 Å². The Bertz CT molecular complexity index is 1450. The number of Topliss-reactive ketones (excluding diaryl/α,β-unsaturated/α-hetero) is 1. The normalized spacial score (nSPS) is 11.7. The maximum atomic E-state index is 12.5. The van der Waals surface area contributed by atoms with Crippen LogP contribution in [0.4, 0.5) is 5.82 Å². The summed E-state index contributed by atoms with van der Waals surface area (Å²) in [6.45, 7) is 5.73. The van der Waals surface area contributed by atoms with Gasteiger partial charge in [-0.05, 0) is 41.3 Å². The summed E-state index contributed by atoms with van der Waals surface area (Å²) in [6.07, 6.45) is 3.44.